The Morgan fingerprint density at radius 2 is 1.61 bits per heavy atom. The number of nitrogens with one attached hydrogen (secondary N) is 1. The van der Waals surface area contributed by atoms with Crippen LogP contribution in [0.2, 0.25) is 0 Å². The quantitative estimate of drug-likeness (QED) is 0.291. The minimum Gasteiger partial charge on any atom is -0.481 e. The molecule has 2 aromatic rings. The summed E-state index contributed by atoms with van der Waals surface area (Å²) in [5.74, 6) is -4.29. The van der Waals surface area contributed by atoms with E-state index in [0.717, 1.165) is 5.92 Å². The van der Waals surface area contributed by atoms with Crippen LogP contribution in [0.4, 0.5) is 0 Å². The van der Waals surface area contributed by atoms with Crippen molar-refractivity contribution in [3.8, 4) is 0 Å². The van der Waals surface area contributed by atoms with E-state index in [-0.39, 0.29) is 0 Å². The molecule has 0 bridgehead atoms. The van der Waals surface area contributed by atoms with Crippen LogP contribution in [0.5, 0.6) is 0 Å². The molecule has 0 spiro atoms. The average Bonchev–Trinajstić information content (AvgIpc) is 3.52. The molecule has 0 unspecified atom stereocenters. The molecular weight excluding hydrogens is 488 g/mol. The van der Waals surface area contributed by atoms with E-state index in [1.165, 1.54) is 93.0 Å². The molecule has 9 nitrogen and oxygen atoms in total. The van der Waals surface area contributed by atoms with Crippen molar-refractivity contribution in [1.29, 1.82) is 0 Å². The lowest BCUT2D eigenvalue weighted by atomic mass is 9.71. The van der Waals surface area contributed by atoms with Gasteiger partial charge >= 0.3 is 17.9 Å². The summed E-state index contributed by atoms with van der Waals surface area (Å²) in [6, 6.07) is 8.80. The van der Waals surface area contributed by atoms with Gasteiger partial charge in [-0.1, -0.05) is 38.0 Å². The standard InChI is InChI=1S/C23H34N2.C6H8O7/c1-3-4-13-23(25-16-7-8-17-25)14-11-19(12-15-23)22-18(2)20-9-5-6-10-21(20)24-22;7-3(8)1-6(13,5(11)12)2-4(9)10/h5-6,9-10,19,24H,3-4,7-8,11-17H2,1-2H3;13H,1-2H2,(H,7,8)(H,9,10)(H,11,12). The number of aromatic nitrogens is 1. The van der Waals surface area contributed by atoms with Crippen LogP contribution in [0.15, 0.2) is 24.3 Å². The zero-order chi connectivity index (χ0) is 27.9. The first-order valence-electron chi connectivity index (χ1n) is 13.7. The van der Waals surface area contributed by atoms with E-state index in [1.54, 1.807) is 0 Å². The summed E-state index contributed by atoms with van der Waals surface area (Å²) < 4.78 is 0. The van der Waals surface area contributed by atoms with Crippen LogP contribution in [0.1, 0.15) is 94.7 Å². The second-order valence-corrected chi connectivity index (χ2v) is 11.0. The summed E-state index contributed by atoms with van der Waals surface area (Å²) in [6.07, 6.45) is 10.2. The number of hydrogen-bond donors (Lipinski definition) is 5. The fourth-order valence-electron chi connectivity index (χ4n) is 6.29. The largest absolute Gasteiger partial charge is 0.481 e. The maximum absolute atomic E-state index is 10.3. The van der Waals surface area contributed by atoms with Crippen LogP contribution in [-0.2, 0) is 14.4 Å². The number of likely N-dealkylation sites (tertiary alicyclic amines) is 1. The number of aryl methyl sites for hydroxylation is 1. The third-order valence-electron chi connectivity index (χ3n) is 8.39. The van der Waals surface area contributed by atoms with Crippen molar-refractivity contribution in [2.45, 2.75) is 102 Å². The molecule has 210 valence electrons. The van der Waals surface area contributed by atoms with Crippen molar-refractivity contribution in [2.24, 2.45) is 0 Å². The Bertz CT molecular complexity index is 1100. The van der Waals surface area contributed by atoms with E-state index in [1.807, 2.05) is 0 Å². The number of carboxylic acids is 3. The predicted molar refractivity (Wildman–Crippen MR) is 144 cm³/mol. The predicted octanol–water partition coefficient (Wildman–Crippen LogP) is 4.91. The molecule has 0 radical (unpaired) electrons. The first-order chi connectivity index (χ1) is 18.0. The third kappa shape index (κ3) is 6.94. The molecule has 9 heteroatoms. The van der Waals surface area contributed by atoms with Crippen molar-refractivity contribution in [3.63, 3.8) is 0 Å². The van der Waals surface area contributed by atoms with Gasteiger partial charge in [0.1, 0.15) is 0 Å². The first kappa shape index (κ1) is 29.6. The highest BCUT2D eigenvalue weighted by molar-refractivity contribution is 5.88. The summed E-state index contributed by atoms with van der Waals surface area (Å²) in [4.78, 5) is 37.1. The number of benzene rings is 1. The van der Waals surface area contributed by atoms with Crippen LogP contribution in [0.25, 0.3) is 10.9 Å². The van der Waals surface area contributed by atoms with Gasteiger partial charge in [0.25, 0.3) is 0 Å². The van der Waals surface area contributed by atoms with Gasteiger partial charge in [-0.2, -0.15) is 0 Å². The smallest absolute Gasteiger partial charge is 0.336 e. The molecule has 4 rings (SSSR count). The number of carboxylic acid groups (broad SMARTS) is 3. The molecule has 2 fully saturated rings. The Morgan fingerprint density at radius 1 is 1.03 bits per heavy atom. The monoisotopic (exact) mass is 530 g/mol. The van der Waals surface area contributed by atoms with E-state index >= 15 is 0 Å². The zero-order valence-electron chi connectivity index (χ0n) is 22.5. The van der Waals surface area contributed by atoms with Crippen molar-refractivity contribution < 1.29 is 34.8 Å². The second kappa shape index (κ2) is 12.8. The van der Waals surface area contributed by atoms with Gasteiger partial charge in [-0.15, -0.1) is 0 Å². The number of para-hydroxylation sites is 1. The Kier molecular flexibility index (Phi) is 9.95. The van der Waals surface area contributed by atoms with Crippen molar-refractivity contribution in [1.82, 2.24) is 9.88 Å². The highest BCUT2D eigenvalue weighted by atomic mass is 16.4. The van der Waals surface area contributed by atoms with E-state index in [9.17, 15) is 14.4 Å². The summed E-state index contributed by atoms with van der Waals surface area (Å²) in [7, 11) is 0. The molecule has 1 aliphatic heterocycles. The Hall–Kier alpha value is -2.91. The van der Waals surface area contributed by atoms with Crippen LogP contribution in [-0.4, -0.2) is 72.4 Å². The highest BCUT2D eigenvalue weighted by Gasteiger charge is 2.42. The van der Waals surface area contributed by atoms with Crippen molar-refractivity contribution in [3.05, 3.63) is 35.5 Å². The SMILES string of the molecule is CCCCC1(N2CCCC2)CCC(c2[nH]c3ccccc3c2C)CC1.O=C(O)CC(O)(CC(=O)O)C(=O)O. The lowest BCUT2D eigenvalue weighted by Crippen LogP contribution is -2.49. The molecule has 1 saturated heterocycles. The van der Waals surface area contributed by atoms with Crippen molar-refractivity contribution in [2.75, 3.05) is 13.1 Å². The minimum atomic E-state index is -2.74. The number of aromatic amines is 1. The molecule has 0 amide bonds. The third-order valence-corrected chi connectivity index (χ3v) is 8.39. The number of fused-ring (bicyclic) bond motifs is 1. The Balaban J connectivity index is 0.000000263. The number of carbonyl (C=O) groups is 3. The molecule has 1 aromatic carbocycles. The lowest BCUT2D eigenvalue weighted by Gasteiger charge is -2.47. The number of rotatable bonds is 10. The minimum absolute atomic E-state index is 0.517. The number of aliphatic hydroxyl groups is 1. The normalized spacial score (nSPS) is 22.1. The molecule has 5 N–H and O–H groups in total. The van der Waals surface area contributed by atoms with E-state index in [2.05, 4.69) is 48.0 Å². The van der Waals surface area contributed by atoms with Gasteiger partial charge in [0.15, 0.2) is 5.60 Å². The van der Waals surface area contributed by atoms with E-state index in [4.69, 9.17) is 20.4 Å². The van der Waals surface area contributed by atoms with E-state index < -0.39 is 36.4 Å². The lowest BCUT2D eigenvalue weighted by molar-refractivity contribution is -0.170. The van der Waals surface area contributed by atoms with Gasteiger partial charge < -0.3 is 25.4 Å². The molecule has 0 atom stereocenters. The maximum atomic E-state index is 10.3. The number of aliphatic carboxylic acids is 3. The van der Waals surface area contributed by atoms with Gasteiger partial charge in [-0.3, -0.25) is 14.5 Å². The topological polar surface area (TPSA) is 151 Å². The number of unbranched alkanes of at least 4 members (excludes halogenated alkanes) is 1. The number of hydrogen-bond acceptors (Lipinski definition) is 5. The molecule has 2 heterocycles. The van der Waals surface area contributed by atoms with Gasteiger partial charge in [0, 0.05) is 22.1 Å². The van der Waals surface area contributed by atoms with Crippen LogP contribution in [0, 0.1) is 6.92 Å². The molecule has 2 aliphatic rings. The number of nitrogens with zero attached hydrogens (tertiary/aromatic N) is 1. The molecule has 1 saturated carbocycles. The van der Waals surface area contributed by atoms with Crippen molar-refractivity contribution >= 4 is 28.8 Å². The van der Waals surface area contributed by atoms with E-state index in [0.29, 0.717) is 5.54 Å². The Labute approximate surface area is 223 Å². The summed E-state index contributed by atoms with van der Waals surface area (Å²) in [5, 5.41) is 35.2. The molecule has 1 aromatic heterocycles. The first-order valence-corrected chi connectivity index (χ1v) is 13.7. The summed E-state index contributed by atoms with van der Waals surface area (Å²) >= 11 is 0. The van der Waals surface area contributed by atoms with Gasteiger partial charge in [-0.25, -0.2) is 4.79 Å². The number of H-pyrrole nitrogens is 1. The maximum Gasteiger partial charge on any atom is 0.336 e. The van der Waals surface area contributed by atoms with Gasteiger partial charge in [0.05, 0.1) is 12.8 Å². The van der Waals surface area contributed by atoms with Crippen LogP contribution in [0.3, 0.4) is 0 Å². The summed E-state index contributed by atoms with van der Waals surface area (Å²) in [5.41, 5.74) is 2.10. The van der Waals surface area contributed by atoms with Crippen LogP contribution < -0.4 is 0 Å². The van der Waals surface area contributed by atoms with Gasteiger partial charge in [0.2, 0.25) is 0 Å². The van der Waals surface area contributed by atoms with Gasteiger partial charge in [-0.05, 0) is 82.5 Å². The zero-order valence-corrected chi connectivity index (χ0v) is 22.5. The van der Waals surface area contributed by atoms with Crippen LogP contribution >= 0.6 is 0 Å². The Morgan fingerprint density at radius 3 is 2.11 bits per heavy atom. The molecule has 1 aliphatic carbocycles. The average molecular weight is 531 g/mol. The highest BCUT2D eigenvalue weighted by Crippen LogP contribution is 2.45. The second-order valence-electron chi connectivity index (χ2n) is 11.0. The fourth-order valence-corrected chi connectivity index (χ4v) is 6.29. The molecular formula is C29H42N2O7. The molecule has 38 heavy (non-hydrogen) atoms. The summed E-state index contributed by atoms with van der Waals surface area (Å²) in [6.45, 7) is 7.35. The fraction of sp³-hybridized carbons (Fsp3) is 0.621.